The monoisotopic (exact) mass is 346 g/mol. The van der Waals surface area contributed by atoms with Crippen molar-refractivity contribution in [3.63, 3.8) is 0 Å². The van der Waals surface area contributed by atoms with Crippen LogP contribution in [0.25, 0.3) is 0 Å². The SMILES string of the molecule is Cn1nnc(C(C#CC2CC2)N2CCN(C(=O)OC(C)(C)C)CC2)n1. The predicted molar refractivity (Wildman–Crippen MR) is 91.4 cm³/mol. The second-order valence-corrected chi connectivity index (χ2v) is 7.61. The largest absolute Gasteiger partial charge is 0.444 e. The second kappa shape index (κ2) is 7.00. The minimum absolute atomic E-state index is 0.171. The van der Waals surface area contributed by atoms with Crippen LogP contribution in [0.4, 0.5) is 4.79 Å². The molecule has 8 nitrogen and oxygen atoms in total. The number of tetrazole rings is 1. The first-order valence-electron chi connectivity index (χ1n) is 8.79. The van der Waals surface area contributed by atoms with Crippen LogP contribution in [0.2, 0.25) is 0 Å². The Morgan fingerprint density at radius 2 is 1.92 bits per heavy atom. The van der Waals surface area contributed by atoms with Crippen molar-refractivity contribution in [2.24, 2.45) is 13.0 Å². The van der Waals surface area contributed by atoms with Gasteiger partial charge in [-0.25, -0.2) is 4.79 Å². The summed E-state index contributed by atoms with van der Waals surface area (Å²) in [4.78, 5) is 17.6. The fourth-order valence-electron chi connectivity index (χ4n) is 2.64. The lowest BCUT2D eigenvalue weighted by molar-refractivity contribution is 0.0122. The van der Waals surface area contributed by atoms with Crippen molar-refractivity contribution in [1.29, 1.82) is 0 Å². The van der Waals surface area contributed by atoms with E-state index in [1.165, 1.54) is 17.6 Å². The van der Waals surface area contributed by atoms with Crippen LogP contribution < -0.4 is 0 Å². The summed E-state index contributed by atoms with van der Waals surface area (Å²) < 4.78 is 5.45. The highest BCUT2D eigenvalue weighted by molar-refractivity contribution is 5.68. The molecule has 2 aliphatic rings. The highest BCUT2D eigenvalue weighted by Crippen LogP contribution is 2.28. The van der Waals surface area contributed by atoms with E-state index < -0.39 is 5.60 Å². The minimum Gasteiger partial charge on any atom is -0.444 e. The Hall–Kier alpha value is -2.14. The number of carbonyl (C=O) groups is 1. The lowest BCUT2D eigenvalue weighted by Gasteiger charge is -2.37. The lowest BCUT2D eigenvalue weighted by atomic mass is 10.2. The van der Waals surface area contributed by atoms with Crippen LogP contribution >= 0.6 is 0 Å². The van der Waals surface area contributed by atoms with Crippen LogP contribution in [-0.2, 0) is 11.8 Å². The molecule has 8 heteroatoms. The molecule has 2 fully saturated rings. The topological polar surface area (TPSA) is 76.4 Å². The zero-order valence-corrected chi connectivity index (χ0v) is 15.4. The Balaban J connectivity index is 1.64. The van der Waals surface area contributed by atoms with Crippen molar-refractivity contribution < 1.29 is 9.53 Å². The predicted octanol–water partition coefficient (Wildman–Crippen LogP) is 1.22. The van der Waals surface area contributed by atoms with Crippen LogP contribution in [0.5, 0.6) is 0 Å². The summed E-state index contributed by atoms with van der Waals surface area (Å²) in [6, 6.07) is -0.171. The van der Waals surface area contributed by atoms with E-state index in [0.717, 1.165) is 0 Å². The third-order valence-corrected chi connectivity index (χ3v) is 4.10. The summed E-state index contributed by atoms with van der Waals surface area (Å²) in [7, 11) is 1.75. The molecule has 136 valence electrons. The minimum atomic E-state index is -0.476. The molecule has 1 aliphatic carbocycles. The maximum Gasteiger partial charge on any atom is 0.410 e. The number of rotatable bonds is 2. The van der Waals surface area contributed by atoms with Crippen LogP contribution in [0.1, 0.15) is 45.5 Å². The van der Waals surface area contributed by atoms with Gasteiger partial charge in [0.1, 0.15) is 11.6 Å². The number of carbonyl (C=O) groups excluding carboxylic acids is 1. The van der Waals surface area contributed by atoms with E-state index >= 15 is 0 Å². The molecule has 1 aromatic rings. The maximum atomic E-state index is 12.2. The average molecular weight is 346 g/mol. The molecular formula is C17H26N6O2. The van der Waals surface area contributed by atoms with Gasteiger partial charge >= 0.3 is 6.09 Å². The Kier molecular flexibility index (Phi) is 4.95. The quantitative estimate of drug-likeness (QED) is 0.750. The van der Waals surface area contributed by atoms with E-state index in [1.54, 1.807) is 11.9 Å². The second-order valence-electron chi connectivity index (χ2n) is 7.61. The Labute approximate surface area is 148 Å². The molecular weight excluding hydrogens is 320 g/mol. The van der Waals surface area contributed by atoms with E-state index in [0.29, 0.717) is 37.9 Å². The first-order chi connectivity index (χ1) is 11.8. The number of hydrogen-bond acceptors (Lipinski definition) is 6. The molecule has 0 bridgehead atoms. The van der Waals surface area contributed by atoms with Gasteiger partial charge in [0, 0.05) is 32.1 Å². The van der Waals surface area contributed by atoms with Gasteiger partial charge in [0.05, 0.1) is 7.05 Å². The highest BCUT2D eigenvalue weighted by atomic mass is 16.6. The van der Waals surface area contributed by atoms with Crippen LogP contribution in [-0.4, -0.2) is 67.9 Å². The molecule has 0 radical (unpaired) electrons. The summed E-state index contributed by atoms with van der Waals surface area (Å²) in [5.74, 6) is 7.78. The van der Waals surface area contributed by atoms with Gasteiger partial charge < -0.3 is 9.64 Å². The van der Waals surface area contributed by atoms with E-state index in [4.69, 9.17) is 4.74 Å². The smallest absolute Gasteiger partial charge is 0.410 e. The van der Waals surface area contributed by atoms with E-state index in [-0.39, 0.29) is 12.1 Å². The van der Waals surface area contributed by atoms with Gasteiger partial charge in [0.2, 0.25) is 5.82 Å². The molecule has 1 saturated carbocycles. The normalized spacial score (nSPS) is 19.9. The lowest BCUT2D eigenvalue weighted by Crippen LogP contribution is -2.50. The van der Waals surface area contributed by atoms with Crippen LogP contribution in [0.15, 0.2) is 0 Å². The molecule has 1 amide bonds. The first kappa shape index (κ1) is 17.7. The van der Waals surface area contributed by atoms with Gasteiger partial charge in [0.25, 0.3) is 0 Å². The van der Waals surface area contributed by atoms with Crippen molar-refractivity contribution in [3.05, 3.63) is 5.82 Å². The third-order valence-electron chi connectivity index (χ3n) is 4.10. The number of aromatic nitrogens is 4. The number of piperazine rings is 1. The molecule has 1 unspecified atom stereocenters. The zero-order valence-electron chi connectivity index (χ0n) is 15.4. The first-order valence-corrected chi connectivity index (χ1v) is 8.79. The van der Waals surface area contributed by atoms with E-state index in [1.807, 2.05) is 20.8 Å². The Bertz CT molecular complexity index is 671. The molecule has 1 aliphatic heterocycles. The van der Waals surface area contributed by atoms with Crippen molar-refractivity contribution in [2.75, 3.05) is 26.2 Å². The van der Waals surface area contributed by atoms with E-state index in [2.05, 4.69) is 32.2 Å². The van der Waals surface area contributed by atoms with Crippen molar-refractivity contribution >= 4 is 6.09 Å². The fraction of sp³-hybridized carbons (Fsp3) is 0.765. The zero-order chi connectivity index (χ0) is 18.0. The fourth-order valence-corrected chi connectivity index (χ4v) is 2.64. The molecule has 1 atom stereocenters. The summed E-state index contributed by atoms with van der Waals surface area (Å²) in [6.07, 6.45) is 2.10. The molecule has 2 heterocycles. The Morgan fingerprint density at radius 3 is 2.44 bits per heavy atom. The number of nitrogens with zero attached hydrogens (tertiary/aromatic N) is 6. The number of ether oxygens (including phenoxy) is 1. The van der Waals surface area contributed by atoms with Crippen molar-refractivity contribution in [2.45, 2.75) is 45.3 Å². The summed E-state index contributed by atoms with van der Waals surface area (Å²) in [6.45, 7) is 8.27. The van der Waals surface area contributed by atoms with Crippen LogP contribution in [0, 0.1) is 17.8 Å². The van der Waals surface area contributed by atoms with Gasteiger partial charge in [-0.15, -0.1) is 10.2 Å². The summed E-state index contributed by atoms with van der Waals surface area (Å²) in [5, 5.41) is 12.4. The van der Waals surface area contributed by atoms with Crippen molar-refractivity contribution in [3.8, 4) is 11.8 Å². The van der Waals surface area contributed by atoms with Crippen molar-refractivity contribution in [1.82, 2.24) is 30.0 Å². The highest BCUT2D eigenvalue weighted by Gasteiger charge is 2.31. The maximum absolute atomic E-state index is 12.2. The standard InChI is InChI=1S/C17H26N6O2/c1-17(2,3)25-16(24)23-11-9-22(10-12-23)14(8-7-13-5-6-13)15-18-20-21(4)19-15/h13-14H,5-6,9-12H2,1-4H3. The summed E-state index contributed by atoms with van der Waals surface area (Å²) in [5.41, 5.74) is -0.476. The number of amides is 1. The molecule has 1 saturated heterocycles. The van der Waals surface area contributed by atoms with Gasteiger partial charge in [-0.05, 0) is 38.8 Å². The molecule has 1 aromatic heterocycles. The molecule has 0 N–H and O–H groups in total. The van der Waals surface area contributed by atoms with Gasteiger partial charge in [-0.1, -0.05) is 11.8 Å². The number of aryl methyl sites for hydroxylation is 1. The Morgan fingerprint density at radius 1 is 1.24 bits per heavy atom. The molecule has 25 heavy (non-hydrogen) atoms. The summed E-state index contributed by atoms with van der Waals surface area (Å²) >= 11 is 0. The number of hydrogen-bond donors (Lipinski definition) is 0. The third kappa shape index (κ3) is 4.92. The van der Waals surface area contributed by atoms with Gasteiger partial charge in [0.15, 0.2) is 0 Å². The molecule has 0 aromatic carbocycles. The molecule has 3 rings (SSSR count). The molecule has 0 spiro atoms. The van der Waals surface area contributed by atoms with Gasteiger partial charge in [-0.3, -0.25) is 4.90 Å². The van der Waals surface area contributed by atoms with Crippen LogP contribution in [0.3, 0.4) is 0 Å². The average Bonchev–Trinajstić information content (AvgIpc) is 3.27. The van der Waals surface area contributed by atoms with Gasteiger partial charge in [-0.2, -0.15) is 4.80 Å². The van der Waals surface area contributed by atoms with E-state index in [9.17, 15) is 4.79 Å².